The Labute approximate surface area is 126 Å². The van der Waals surface area contributed by atoms with Crippen molar-refractivity contribution >= 4 is 38.6 Å². The van der Waals surface area contributed by atoms with Crippen LogP contribution in [-0.2, 0) is 17.1 Å². The fourth-order valence-electron chi connectivity index (χ4n) is 1.89. The third-order valence-corrected chi connectivity index (χ3v) is 3.24. The van der Waals surface area contributed by atoms with Gasteiger partial charge in [-0.2, -0.15) is 5.10 Å². The summed E-state index contributed by atoms with van der Waals surface area (Å²) in [6, 6.07) is 3.91. The SMILES string of the molecule is Cn1cc2c(NC(=O)OC(C)(C)C)cc(CBr)cc2n1. The quantitative estimate of drug-likeness (QED) is 0.846. The number of ether oxygens (including phenoxy) is 1. The van der Waals surface area contributed by atoms with Crippen LogP contribution in [0, 0.1) is 0 Å². The van der Waals surface area contributed by atoms with Gasteiger partial charge >= 0.3 is 6.09 Å². The van der Waals surface area contributed by atoms with E-state index in [1.165, 1.54) is 0 Å². The smallest absolute Gasteiger partial charge is 0.412 e. The second-order valence-corrected chi connectivity index (χ2v) is 6.20. The molecule has 6 heteroatoms. The molecule has 1 N–H and O–H groups in total. The Morgan fingerprint density at radius 3 is 2.75 bits per heavy atom. The lowest BCUT2D eigenvalue weighted by atomic mass is 10.1. The summed E-state index contributed by atoms with van der Waals surface area (Å²) in [6.45, 7) is 5.50. The molecular weight excluding hydrogens is 322 g/mol. The van der Waals surface area contributed by atoms with Gasteiger partial charge in [-0.15, -0.1) is 0 Å². The van der Waals surface area contributed by atoms with Crippen LogP contribution in [0.5, 0.6) is 0 Å². The standard InChI is InChI=1S/C14H18BrN3O2/c1-14(2,3)20-13(19)16-11-5-9(7-15)6-12-10(11)8-18(4)17-12/h5-6,8H,7H2,1-4H3,(H,16,19). The Hall–Kier alpha value is -1.56. The van der Waals surface area contributed by atoms with Crippen molar-refractivity contribution in [1.29, 1.82) is 0 Å². The zero-order chi connectivity index (χ0) is 14.9. The first-order valence-corrected chi connectivity index (χ1v) is 7.43. The molecule has 0 unspecified atom stereocenters. The summed E-state index contributed by atoms with van der Waals surface area (Å²) in [4.78, 5) is 11.9. The highest BCUT2D eigenvalue weighted by molar-refractivity contribution is 9.08. The minimum absolute atomic E-state index is 0.464. The summed E-state index contributed by atoms with van der Waals surface area (Å²) in [5.74, 6) is 0. The average molecular weight is 340 g/mol. The number of benzene rings is 1. The molecule has 0 aliphatic carbocycles. The first-order chi connectivity index (χ1) is 9.28. The summed E-state index contributed by atoms with van der Waals surface area (Å²) in [7, 11) is 1.85. The first-order valence-electron chi connectivity index (χ1n) is 6.31. The van der Waals surface area contributed by atoms with E-state index in [4.69, 9.17) is 4.74 Å². The zero-order valence-corrected chi connectivity index (χ0v) is 13.6. The van der Waals surface area contributed by atoms with Crippen molar-refractivity contribution in [3.63, 3.8) is 0 Å². The van der Waals surface area contributed by atoms with Crippen molar-refractivity contribution in [2.24, 2.45) is 7.05 Å². The van der Waals surface area contributed by atoms with Gasteiger partial charge in [0.15, 0.2) is 0 Å². The van der Waals surface area contributed by atoms with E-state index >= 15 is 0 Å². The molecule has 0 aliphatic heterocycles. The van der Waals surface area contributed by atoms with Crippen LogP contribution in [0.15, 0.2) is 18.3 Å². The van der Waals surface area contributed by atoms with E-state index in [0.29, 0.717) is 11.0 Å². The molecule has 0 atom stereocenters. The molecule has 2 aromatic rings. The van der Waals surface area contributed by atoms with Gasteiger partial charge in [-0.3, -0.25) is 10.00 Å². The number of halogens is 1. The third-order valence-electron chi connectivity index (χ3n) is 2.59. The van der Waals surface area contributed by atoms with Crippen LogP contribution < -0.4 is 5.32 Å². The Morgan fingerprint density at radius 2 is 2.15 bits per heavy atom. The Kier molecular flexibility index (Phi) is 4.04. The largest absolute Gasteiger partial charge is 0.444 e. The van der Waals surface area contributed by atoms with E-state index < -0.39 is 11.7 Å². The number of aryl methyl sites for hydroxylation is 1. The number of anilines is 1. The summed E-state index contributed by atoms with van der Waals surface area (Å²) in [5, 5.41) is 8.75. The van der Waals surface area contributed by atoms with E-state index in [0.717, 1.165) is 16.5 Å². The van der Waals surface area contributed by atoms with Crippen LogP contribution in [0.3, 0.4) is 0 Å². The monoisotopic (exact) mass is 339 g/mol. The second kappa shape index (κ2) is 5.44. The molecular formula is C14H18BrN3O2. The number of carbonyl (C=O) groups excluding carboxylic acids is 1. The molecule has 1 amide bonds. The van der Waals surface area contributed by atoms with E-state index in [2.05, 4.69) is 26.3 Å². The number of hydrogen-bond acceptors (Lipinski definition) is 3. The lowest BCUT2D eigenvalue weighted by molar-refractivity contribution is 0.0636. The topological polar surface area (TPSA) is 56.2 Å². The lowest BCUT2D eigenvalue weighted by Gasteiger charge is -2.20. The molecule has 0 fully saturated rings. The van der Waals surface area contributed by atoms with Gasteiger partial charge in [0.05, 0.1) is 11.2 Å². The number of fused-ring (bicyclic) bond motifs is 1. The molecule has 1 aromatic heterocycles. The van der Waals surface area contributed by atoms with Gasteiger partial charge in [-0.25, -0.2) is 4.79 Å². The number of nitrogens with zero attached hydrogens (tertiary/aromatic N) is 2. The zero-order valence-electron chi connectivity index (χ0n) is 12.0. The molecule has 108 valence electrons. The fourth-order valence-corrected chi connectivity index (χ4v) is 2.22. The lowest BCUT2D eigenvalue weighted by Crippen LogP contribution is -2.27. The van der Waals surface area contributed by atoms with E-state index in [-0.39, 0.29) is 0 Å². The van der Waals surface area contributed by atoms with Crippen molar-refractivity contribution in [2.75, 3.05) is 5.32 Å². The Balaban J connectivity index is 2.35. The highest BCUT2D eigenvalue weighted by atomic mass is 79.9. The number of alkyl halides is 1. The maximum atomic E-state index is 11.9. The Morgan fingerprint density at radius 1 is 1.45 bits per heavy atom. The van der Waals surface area contributed by atoms with Crippen LogP contribution in [-0.4, -0.2) is 21.5 Å². The molecule has 2 rings (SSSR count). The number of carbonyl (C=O) groups is 1. The molecule has 20 heavy (non-hydrogen) atoms. The van der Waals surface area contributed by atoms with Crippen LogP contribution in [0.1, 0.15) is 26.3 Å². The van der Waals surface area contributed by atoms with E-state index in [1.54, 1.807) is 4.68 Å². The third kappa shape index (κ3) is 3.50. The number of nitrogens with one attached hydrogen (secondary N) is 1. The van der Waals surface area contributed by atoms with Crippen molar-refractivity contribution in [1.82, 2.24) is 9.78 Å². The highest BCUT2D eigenvalue weighted by Gasteiger charge is 2.17. The van der Waals surface area contributed by atoms with E-state index in [1.807, 2.05) is 46.1 Å². The van der Waals surface area contributed by atoms with Gasteiger partial charge in [0.1, 0.15) is 5.60 Å². The summed E-state index contributed by atoms with van der Waals surface area (Å²) >= 11 is 3.42. The van der Waals surface area contributed by atoms with Crippen LogP contribution >= 0.6 is 15.9 Å². The minimum Gasteiger partial charge on any atom is -0.444 e. The van der Waals surface area contributed by atoms with Gasteiger partial charge in [-0.1, -0.05) is 15.9 Å². The predicted octanol–water partition coefficient (Wildman–Crippen LogP) is 3.82. The average Bonchev–Trinajstić information content (AvgIpc) is 2.66. The predicted molar refractivity (Wildman–Crippen MR) is 83.2 cm³/mol. The van der Waals surface area contributed by atoms with Gasteiger partial charge in [0, 0.05) is 24.0 Å². The van der Waals surface area contributed by atoms with Gasteiger partial charge in [0.25, 0.3) is 0 Å². The Bertz CT molecular complexity index is 644. The van der Waals surface area contributed by atoms with Crippen molar-refractivity contribution in [3.8, 4) is 0 Å². The van der Waals surface area contributed by atoms with Crippen LogP contribution in [0.2, 0.25) is 0 Å². The summed E-state index contributed by atoms with van der Waals surface area (Å²) in [5.41, 5.74) is 2.07. The van der Waals surface area contributed by atoms with Crippen molar-refractivity contribution in [3.05, 3.63) is 23.9 Å². The number of amides is 1. The molecule has 1 heterocycles. The van der Waals surface area contributed by atoms with Crippen molar-refractivity contribution < 1.29 is 9.53 Å². The maximum absolute atomic E-state index is 11.9. The van der Waals surface area contributed by atoms with Gasteiger partial charge in [0.2, 0.25) is 0 Å². The van der Waals surface area contributed by atoms with Gasteiger partial charge in [-0.05, 0) is 38.5 Å². The molecule has 0 radical (unpaired) electrons. The molecule has 5 nitrogen and oxygen atoms in total. The molecule has 0 aliphatic rings. The highest BCUT2D eigenvalue weighted by Crippen LogP contribution is 2.26. The van der Waals surface area contributed by atoms with Crippen molar-refractivity contribution in [2.45, 2.75) is 31.7 Å². The van der Waals surface area contributed by atoms with Crippen LogP contribution in [0.25, 0.3) is 10.9 Å². The van der Waals surface area contributed by atoms with E-state index in [9.17, 15) is 4.79 Å². The van der Waals surface area contributed by atoms with Crippen LogP contribution in [0.4, 0.5) is 10.5 Å². The second-order valence-electron chi connectivity index (χ2n) is 5.64. The molecule has 0 bridgehead atoms. The number of hydrogen-bond donors (Lipinski definition) is 1. The van der Waals surface area contributed by atoms with Gasteiger partial charge < -0.3 is 4.74 Å². The molecule has 0 spiro atoms. The molecule has 0 saturated heterocycles. The first kappa shape index (κ1) is 14.8. The summed E-state index contributed by atoms with van der Waals surface area (Å²) < 4.78 is 7.01. The normalized spacial score (nSPS) is 11.7. The summed E-state index contributed by atoms with van der Waals surface area (Å²) in [6.07, 6.45) is 1.41. The molecule has 0 saturated carbocycles. The number of rotatable bonds is 2. The number of aromatic nitrogens is 2. The minimum atomic E-state index is -0.523. The molecule has 1 aromatic carbocycles. The fraction of sp³-hybridized carbons (Fsp3) is 0.429. The maximum Gasteiger partial charge on any atom is 0.412 e.